The Balaban J connectivity index is 2.22. The molecule has 114 valence electrons. The van der Waals surface area contributed by atoms with E-state index in [-0.39, 0.29) is 36.8 Å². The van der Waals surface area contributed by atoms with Gasteiger partial charge in [-0.05, 0) is 19.1 Å². The molecule has 1 atom stereocenters. The maximum atomic E-state index is 12.5. The van der Waals surface area contributed by atoms with Gasteiger partial charge in [-0.25, -0.2) is 8.42 Å². The SMILES string of the molecule is CCOC(=O)C1CN(S(=O)(=O)c2ccccc2)CCC1=O. The van der Waals surface area contributed by atoms with E-state index in [1.807, 2.05) is 0 Å². The second-order valence-electron chi connectivity index (χ2n) is 4.70. The van der Waals surface area contributed by atoms with Crippen molar-refractivity contribution in [3.63, 3.8) is 0 Å². The molecule has 0 aromatic heterocycles. The number of nitrogens with zero attached hydrogens (tertiary/aromatic N) is 1. The summed E-state index contributed by atoms with van der Waals surface area (Å²) >= 11 is 0. The molecule has 0 radical (unpaired) electrons. The summed E-state index contributed by atoms with van der Waals surface area (Å²) in [6.07, 6.45) is 0.0234. The molecule has 2 rings (SSSR count). The highest BCUT2D eigenvalue weighted by Gasteiger charge is 2.38. The molecule has 6 nitrogen and oxygen atoms in total. The molecule has 1 aromatic carbocycles. The Kier molecular flexibility index (Phi) is 4.74. The molecule has 1 saturated heterocycles. The number of Topliss-reactive ketones (excluding diaryl/α,β-unsaturated/α-hetero) is 1. The van der Waals surface area contributed by atoms with E-state index in [1.54, 1.807) is 25.1 Å². The van der Waals surface area contributed by atoms with E-state index in [0.29, 0.717) is 0 Å². The van der Waals surface area contributed by atoms with Crippen LogP contribution in [0.4, 0.5) is 0 Å². The zero-order chi connectivity index (χ0) is 15.5. The van der Waals surface area contributed by atoms with Crippen LogP contribution in [0, 0.1) is 5.92 Å². The van der Waals surface area contributed by atoms with E-state index < -0.39 is 21.9 Å². The summed E-state index contributed by atoms with van der Waals surface area (Å²) in [4.78, 5) is 23.7. The lowest BCUT2D eigenvalue weighted by molar-refractivity contribution is -0.153. The minimum atomic E-state index is -3.69. The van der Waals surface area contributed by atoms with E-state index in [9.17, 15) is 18.0 Å². The molecule has 7 heteroatoms. The minimum Gasteiger partial charge on any atom is -0.465 e. The summed E-state index contributed by atoms with van der Waals surface area (Å²) in [5.41, 5.74) is 0. The largest absolute Gasteiger partial charge is 0.465 e. The Labute approximate surface area is 123 Å². The second-order valence-corrected chi connectivity index (χ2v) is 6.63. The van der Waals surface area contributed by atoms with Crippen LogP contribution in [-0.4, -0.2) is 44.2 Å². The number of hydrogen-bond donors (Lipinski definition) is 0. The molecule has 1 fully saturated rings. The maximum absolute atomic E-state index is 12.5. The lowest BCUT2D eigenvalue weighted by Gasteiger charge is -2.29. The first-order valence-electron chi connectivity index (χ1n) is 6.71. The Hall–Kier alpha value is -1.73. The molecule has 1 heterocycles. The molecule has 0 spiro atoms. The van der Waals surface area contributed by atoms with Gasteiger partial charge in [-0.15, -0.1) is 0 Å². The number of esters is 1. The fraction of sp³-hybridized carbons (Fsp3) is 0.429. The van der Waals surface area contributed by atoms with Crippen molar-refractivity contribution >= 4 is 21.8 Å². The molecule has 1 unspecified atom stereocenters. The Morgan fingerprint density at radius 2 is 2.00 bits per heavy atom. The normalized spacial score (nSPS) is 20.2. The Morgan fingerprint density at radius 3 is 2.62 bits per heavy atom. The van der Waals surface area contributed by atoms with Crippen molar-refractivity contribution in [3.05, 3.63) is 30.3 Å². The standard InChI is InChI=1S/C14H17NO5S/c1-2-20-14(17)12-10-15(9-8-13(12)16)21(18,19)11-6-4-3-5-7-11/h3-7,12H,2,8-10H2,1H3. The lowest BCUT2D eigenvalue weighted by Crippen LogP contribution is -2.47. The first kappa shape index (κ1) is 15.7. The van der Waals surface area contributed by atoms with Crippen molar-refractivity contribution in [2.45, 2.75) is 18.2 Å². The summed E-state index contributed by atoms with van der Waals surface area (Å²) in [6, 6.07) is 7.96. The molecule has 0 amide bonds. The van der Waals surface area contributed by atoms with Crippen LogP contribution in [0.5, 0.6) is 0 Å². The summed E-state index contributed by atoms with van der Waals surface area (Å²) in [5, 5.41) is 0. The highest BCUT2D eigenvalue weighted by molar-refractivity contribution is 7.89. The summed E-state index contributed by atoms with van der Waals surface area (Å²) < 4.78 is 31.0. The van der Waals surface area contributed by atoms with Crippen LogP contribution in [0.15, 0.2) is 35.2 Å². The fourth-order valence-corrected chi connectivity index (χ4v) is 3.69. The van der Waals surface area contributed by atoms with Crippen LogP contribution in [0.3, 0.4) is 0 Å². The Morgan fingerprint density at radius 1 is 1.33 bits per heavy atom. The van der Waals surface area contributed by atoms with Gasteiger partial charge in [0.1, 0.15) is 11.7 Å². The van der Waals surface area contributed by atoms with E-state index in [2.05, 4.69) is 0 Å². The summed E-state index contributed by atoms with van der Waals surface area (Å²) in [7, 11) is -3.69. The molecule has 0 N–H and O–H groups in total. The van der Waals surface area contributed by atoms with Gasteiger partial charge in [0.25, 0.3) is 0 Å². The van der Waals surface area contributed by atoms with Crippen LogP contribution in [0.1, 0.15) is 13.3 Å². The summed E-state index contributed by atoms with van der Waals surface area (Å²) in [6.45, 7) is 1.73. The number of ketones is 1. The van der Waals surface area contributed by atoms with Gasteiger partial charge in [0.2, 0.25) is 10.0 Å². The zero-order valence-corrected chi connectivity index (χ0v) is 12.5. The van der Waals surface area contributed by atoms with Gasteiger partial charge in [-0.1, -0.05) is 18.2 Å². The molecule has 1 aromatic rings. The second kappa shape index (κ2) is 6.36. The van der Waals surface area contributed by atoms with Gasteiger partial charge >= 0.3 is 5.97 Å². The van der Waals surface area contributed by atoms with Gasteiger partial charge in [0.15, 0.2) is 0 Å². The van der Waals surface area contributed by atoms with Crippen LogP contribution < -0.4 is 0 Å². The molecular formula is C14H17NO5S. The third-order valence-corrected chi connectivity index (χ3v) is 5.21. The maximum Gasteiger partial charge on any atom is 0.317 e. The topological polar surface area (TPSA) is 80.8 Å². The van der Waals surface area contributed by atoms with E-state index in [1.165, 1.54) is 16.4 Å². The van der Waals surface area contributed by atoms with Crippen molar-refractivity contribution < 1.29 is 22.7 Å². The molecule has 0 saturated carbocycles. The number of ether oxygens (including phenoxy) is 1. The average Bonchev–Trinajstić information content (AvgIpc) is 2.48. The number of piperidine rings is 1. The summed E-state index contributed by atoms with van der Waals surface area (Å²) in [5.74, 6) is -1.96. The fourth-order valence-electron chi connectivity index (χ4n) is 2.21. The van der Waals surface area contributed by atoms with Crippen molar-refractivity contribution in [2.24, 2.45) is 5.92 Å². The molecule has 21 heavy (non-hydrogen) atoms. The number of hydrogen-bond acceptors (Lipinski definition) is 5. The van der Waals surface area contributed by atoms with E-state index in [0.717, 1.165) is 0 Å². The smallest absolute Gasteiger partial charge is 0.317 e. The van der Waals surface area contributed by atoms with Gasteiger partial charge in [0.05, 0.1) is 11.5 Å². The van der Waals surface area contributed by atoms with Crippen LogP contribution in [0.25, 0.3) is 0 Å². The van der Waals surface area contributed by atoms with Crippen molar-refractivity contribution in [2.75, 3.05) is 19.7 Å². The van der Waals surface area contributed by atoms with Gasteiger partial charge in [-0.3, -0.25) is 9.59 Å². The number of sulfonamides is 1. The van der Waals surface area contributed by atoms with Crippen molar-refractivity contribution in [3.8, 4) is 0 Å². The van der Waals surface area contributed by atoms with E-state index >= 15 is 0 Å². The van der Waals surface area contributed by atoms with Gasteiger partial charge in [0, 0.05) is 19.5 Å². The molecule has 1 aliphatic rings. The number of benzene rings is 1. The van der Waals surface area contributed by atoms with Crippen LogP contribution in [-0.2, 0) is 24.3 Å². The van der Waals surface area contributed by atoms with E-state index in [4.69, 9.17) is 4.74 Å². The monoisotopic (exact) mass is 311 g/mol. The number of carbonyl (C=O) groups is 2. The van der Waals surface area contributed by atoms with Crippen LogP contribution in [0.2, 0.25) is 0 Å². The predicted octanol–water partition coefficient (Wildman–Crippen LogP) is 0.829. The lowest BCUT2D eigenvalue weighted by atomic mass is 9.98. The van der Waals surface area contributed by atoms with Crippen molar-refractivity contribution in [1.29, 1.82) is 0 Å². The Bertz CT molecular complexity index is 626. The quantitative estimate of drug-likeness (QED) is 0.608. The van der Waals surface area contributed by atoms with Crippen molar-refractivity contribution in [1.82, 2.24) is 4.31 Å². The molecule has 0 bridgehead atoms. The molecular weight excluding hydrogens is 294 g/mol. The number of carbonyl (C=O) groups excluding carboxylic acids is 2. The predicted molar refractivity (Wildman–Crippen MR) is 74.9 cm³/mol. The van der Waals surface area contributed by atoms with Gasteiger partial charge < -0.3 is 4.74 Å². The molecule has 1 aliphatic heterocycles. The highest BCUT2D eigenvalue weighted by Crippen LogP contribution is 2.22. The first-order chi connectivity index (χ1) is 9.96. The number of rotatable bonds is 4. The van der Waals surface area contributed by atoms with Crippen LogP contribution >= 0.6 is 0 Å². The first-order valence-corrected chi connectivity index (χ1v) is 8.15. The zero-order valence-electron chi connectivity index (χ0n) is 11.7. The highest BCUT2D eigenvalue weighted by atomic mass is 32.2. The average molecular weight is 311 g/mol. The van der Waals surface area contributed by atoms with Gasteiger partial charge in [-0.2, -0.15) is 4.31 Å². The minimum absolute atomic E-state index is 0.0234. The third-order valence-electron chi connectivity index (χ3n) is 3.33. The molecule has 0 aliphatic carbocycles. The third kappa shape index (κ3) is 3.30.